The zero-order valence-corrected chi connectivity index (χ0v) is 12.3. The monoisotopic (exact) mass is 302 g/mol. The third-order valence-corrected chi connectivity index (χ3v) is 3.22. The van der Waals surface area contributed by atoms with Crippen molar-refractivity contribution in [3.63, 3.8) is 0 Å². The molecule has 0 amide bonds. The van der Waals surface area contributed by atoms with Crippen LogP contribution >= 0.6 is 11.6 Å². The van der Waals surface area contributed by atoms with Gasteiger partial charge in [0.2, 0.25) is 0 Å². The third kappa shape index (κ3) is 4.42. The predicted octanol–water partition coefficient (Wildman–Crippen LogP) is 3.19. The highest BCUT2D eigenvalue weighted by atomic mass is 35.5. The molecule has 5 nitrogen and oxygen atoms in total. The van der Waals surface area contributed by atoms with Gasteiger partial charge in [-0.15, -0.1) is 0 Å². The number of nitriles is 1. The Morgan fingerprint density at radius 1 is 1.29 bits per heavy atom. The van der Waals surface area contributed by atoms with Crippen LogP contribution in [0.5, 0.6) is 0 Å². The van der Waals surface area contributed by atoms with Crippen molar-refractivity contribution >= 4 is 17.4 Å². The van der Waals surface area contributed by atoms with E-state index in [1.165, 1.54) is 6.20 Å². The van der Waals surface area contributed by atoms with Crippen LogP contribution in [-0.2, 0) is 4.74 Å². The minimum Gasteiger partial charge on any atom is -0.385 e. The minimum absolute atomic E-state index is 0.0319. The average Bonchev–Trinajstić information content (AvgIpc) is 2.53. The number of ether oxygens (including phenoxy) is 1. The Labute approximate surface area is 128 Å². The van der Waals surface area contributed by atoms with Crippen molar-refractivity contribution in [3.8, 4) is 6.07 Å². The molecule has 21 heavy (non-hydrogen) atoms. The second-order valence-corrected chi connectivity index (χ2v) is 4.87. The summed E-state index contributed by atoms with van der Waals surface area (Å²) in [6.07, 6.45) is 3.77. The Morgan fingerprint density at radius 2 is 2.05 bits per heavy atom. The summed E-state index contributed by atoms with van der Waals surface area (Å²) in [4.78, 5) is 8.18. The molecule has 1 N–H and O–H groups in total. The average molecular weight is 303 g/mol. The van der Waals surface area contributed by atoms with Gasteiger partial charge in [-0.05, 0) is 24.1 Å². The highest BCUT2D eigenvalue weighted by Crippen LogP contribution is 2.23. The summed E-state index contributed by atoms with van der Waals surface area (Å²) < 4.78 is 5.15. The van der Waals surface area contributed by atoms with Gasteiger partial charge in [-0.1, -0.05) is 23.7 Å². The number of hydrogen-bond donors (Lipinski definition) is 1. The van der Waals surface area contributed by atoms with E-state index in [1.807, 2.05) is 30.3 Å². The van der Waals surface area contributed by atoms with Gasteiger partial charge in [-0.3, -0.25) is 0 Å². The van der Waals surface area contributed by atoms with Crippen LogP contribution in [0.15, 0.2) is 36.7 Å². The summed E-state index contributed by atoms with van der Waals surface area (Å²) in [6.45, 7) is 0.615. The van der Waals surface area contributed by atoms with Crippen LogP contribution in [-0.4, -0.2) is 23.7 Å². The number of halogens is 1. The SMILES string of the molecule is COCCC(Nc1cnc(C#N)cn1)c1ccc(Cl)cc1. The summed E-state index contributed by atoms with van der Waals surface area (Å²) in [6, 6.07) is 9.61. The standard InChI is InChI=1S/C15H15ClN4O/c1-21-7-6-14(11-2-4-12(16)5-3-11)20-15-10-18-13(8-17)9-19-15/h2-5,9-10,14H,6-7H2,1H3,(H,19,20). The molecular formula is C15H15ClN4O. The van der Waals surface area contributed by atoms with Gasteiger partial charge in [-0.2, -0.15) is 5.26 Å². The normalized spacial score (nSPS) is 11.7. The van der Waals surface area contributed by atoms with E-state index in [2.05, 4.69) is 15.3 Å². The first-order valence-electron chi connectivity index (χ1n) is 6.46. The van der Waals surface area contributed by atoms with Crippen LogP contribution in [0, 0.1) is 11.3 Å². The highest BCUT2D eigenvalue weighted by Gasteiger charge is 2.12. The van der Waals surface area contributed by atoms with E-state index in [-0.39, 0.29) is 6.04 Å². The molecule has 0 saturated heterocycles. The van der Waals surface area contributed by atoms with E-state index in [0.717, 1.165) is 12.0 Å². The molecule has 1 aromatic carbocycles. The van der Waals surface area contributed by atoms with Crippen LogP contribution in [0.1, 0.15) is 23.7 Å². The van der Waals surface area contributed by atoms with Crippen molar-refractivity contribution < 1.29 is 4.74 Å². The fourth-order valence-corrected chi connectivity index (χ4v) is 2.02. The zero-order chi connectivity index (χ0) is 15.1. The number of hydrogen-bond acceptors (Lipinski definition) is 5. The second-order valence-electron chi connectivity index (χ2n) is 4.43. The molecule has 2 rings (SSSR count). The lowest BCUT2D eigenvalue weighted by Gasteiger charge is -2.19. The van der Waals surface area contributed by atoms with Crippen molar-refractivity contribution in [2.45, 2.75) is 12.5 Å². The van der Waals surface area contributed by atoms with Crippen molar-refractivity contribution in [1.29, 1.82) is 5.26 Å². The van der Waals surface area contributed by atoms with Gasteiger partial charge in [-0.25, -0.2) is 9.97 Å². The quantitative estimate of drug-likeness (QED) is 0.887. The molecule has 0 bridgehead atoms. The molecule has 0 aliphatic rings. The summed E-state index contributed by atoms with van der Waals surface area (Å²) >= 11 is 5.92. The smallest absolute Gasteiger partial charge is 0.158 e. The number of rotatable bonds is 6. The van der Waals surface area contributed by atoms with Crippen LogP contribution in [0.4, 0.5) is 5.82 Å². The predicted molar refractivity (Wildman–Crippen MR) is 81.1 cm³/mol. The molecule has 0 saturated carbocycles. The van der Waals surface area contributed by atoms with Crippen LogP contribution in [0.25, 0.3) is 0 Å². The van der Waals surface area contributed by atoms with Crippen molar-refractivity contribution in [3.05, 3.63) is 52.9 Å². The fourth-order valence-electron chi connectivity index (χ4n) is 1.89. The number of anilines is 1. The summed E-state index contributed by atoms with van der Waals surface area (Å²) in [7, 11) is 1.67. The van der Waals surface area contributed by atoms with Crippen molar-refractivity contribution in [1.82, 2.24) is 9.97 Å². The lowest BCUT2D eigenvalue weighted by Crippen LogP contribution is -2.14. The van der Waals surface area contributed by atoms with E-state index < -0.39 is 0 Å². The van der Waals surface area contributed by atoms with Crippen molar-refractivity contribution in [2.24, 2.45) is 0 Å². The molecule has 0 fully saturated rings. The molecule has 1 atom stereocenters. The molecule has 0 spiro atoms. The molecule has 2 aromatic rings. The number of benzene rings is 1. The van der Waals surface area contributed by atoms with Crippen LogP contribution < -0.4 is 5.32 Å². The van der Waals surface area contributed by atoms with Gasteiger partial charge in [0.05, 0.1) is 18.4 Å². The number of methoxy groups -OCH3 is 1. The van der Waals surface area contributed by atoms with E-state index >= 15 is 0 Å². The lowest BCUT2D eigenvalue weighted by atomic mass is 10.0. The molecule has 0 aliphatic heterocycles. The molecule has 6 heteroatoms. The van der Waals surface area contributed by atoms with Gasteiger partial charge in [0.15, 0.2) is 5.69 Å². The van der Waals surface area contributed by atoms with Crippen LogP contribution in [0.2, 0.25) is 5.02 Å². The molecule has 1 aromatic heterocycles. The molecule has 0 aliphatic carbocycles. The minimum atomic E-state index is 0.0319. The Kier molecular flexibility index (Phi) is 5.50. The van der Waals surface area contributed by atoms with Crippen molar-refractivity contribution in [2.75, 3.05) is 19.0 Å². The maximum atomic E-state index is 8.73. The van der Waals surface area contributed by atoms with Gasteiger partial charge in [0.25, 0.3) is 0 Å². The topological polar surface area (TPSA) is 70.8 Å². The van der Waals surface area contributed by atoms with Gasteiger partial charge in [0.1, 0.15) is 11.9 Å². The van der Waals surface area contributed by atoms with E-state index in [9.17, 15) is 0 Å². The summed E-state index contributed by atoms with van der Waals surface area (Å²) in [5, 5.41) is 12.7. The first kappa shape index (κ1) is 15.2. The van der Waals surface area contributed by atoms with Gasteiger partial charge in [0, 0.05) is 18.7 Å². The molecule has 1 unspecified atom stereocenters. The number of nitrogens with one attached hydrogen (secondary N) is 1. The molecule has 108 valence electrons. The molecule has 1 heterocycles. The fraction of sp³-hybridized carbons (Fsp3) is 0.267. The summed E-state index contributed by atoms with van der Waals surface area (Å²) in [5.41, 5.74) is 1.38. The zero-order valence-electron chi connectivity index (χ0n) is 11.6. The number of nitrogens with zero attached hydrogens (tertiary/aromatic N) is 3. The third-order valence-electron chi connectivity index (χ3n) is 2.97. The van der Waals surface area contributed by atoms with E-state index in [0.29, 0.717) is 23.1 Å². The first-order valence-corrected chi connectivity index (χ1v) is 6.84. The maximum Gasteiger partial charge on any atom is 0.158 e. The lowest BCUT2D eigenvalue weighted by molar-refractivity contribution is 0.190. The van der Waals surface area contributed by atoms with E-state index in [4.69, 9.17) is 21.6 Å². The van der Waals surface area contributed by atoms with E-state index in [1.54, 1.807) is 13.3 Å². The Bertz CT molecular complexity index is 607. The first-order chi connectivity index (χ1) is 10.2. The Hall–Kier alpha value is -2.16. The van der Waals surface area contributed by atoms with Gasteiger partial charge >= 0.3 is 0 Å². The maximum absolute atomic E-state index is 8.73. The second kappa shape index (κ2) is 7.58. The van der Waals surface area contributed by atoms with Crippen LogP contribution in [0.3, 0.4) is 0 Å². The molecular weight excluding hydrogens is 288 g/mol. The molecule has 0 radical (unpaired) electrons. The highest BCUT2D eigenvalue weighted by molar-refractivity contribution is 6.30. The largest absolute Gasteiger partial charge is 0.385 e. The Balaban J connectivity index is 2.15. The number of aromatic nitrogens is 2. The Morgan fingerprint density at radius 3 is 2.62 bits per heavy atom. The summed E-state index contributed by atoms with van der Waals surface area (Å²) in [5.74, 6) is 0.616. The van der Waals surface area contributed by atoms with Gasteiger partial charge < -0.3 is 10.1 Å².